The number of rotatable bonds is 4. The smallest absolute Gasteiger partial charge is 0.216 e. The molecular weight excluding hydrogens is 404 g/mol. The van der Waals surface area contributed by atoms with Gasteiger partial charge in [-0.3, -0.25) is 5.10 Å². The van der Waals surface area contributed by atoms with Gasteiger partial charge in [-0.15, -0.1) is 0 Å². The van der Waals surface area contributed by atoms with Crippen molar-refractivity contribution < 1.29 is 4.74 Å². The fourth-order valence-corrected chi connectivity index (χ4v) is 3.54. The lowest BCUT2D eigenvalue weighted by atomic mass is 10.2. The van der Waals surface area contributed by atoms with Crippen LogP contribution in [0.4, 0.5) is 0 Å². The van der Waals surface area contributed by atoms with Crippen molar-refractivity contribution in [3.05, 3.63) is 44.3 Å². The monoisotopic (exact) mass is 418 g/mol. The van der Waals surface area contributed by atoms with Gasteiger partial charge in [0.2, 0.25) is 10.6 Å². The fourth-order valence-electron chi connectivity index (χ4n) is 2.98. The molecule has 25 heavy (non-hydrogen) atoms. The number of halogens is 1. The number of benzene rings is 1. The summed E-state index contributed by atoms with van der Waals surface area (Å²) in [6, 6.07) is 5.72. The molecule has 2 heterocycles. The van der Waals surface area contributed by atoms with E-state index in [4.69, 9.17) is 17.0 Å². The number of methoxy groups -OCH3 is 1. The van der Waals surface area contributed by atoms with E-state index in [1.54, 1.807) is 18.0 Å². The van der Waals surface area contributed by atoms with Gasteiger partial charge in [0.15, 0.2) is 0 Å². The number of hydrogen-bond acceptors (Lipinski definition) is 5. The molecule has 0 radical (unpaired) electrons. The van der Waals surface area contributed by atoms with Crippen LogP contribution < -0.4 is 4.74 Å². The van der Waals surface area contributed by atoms with Gasteiger partial charge in [-0.2, -0.15) is 20.0 Å². The number of fused-ring (bicyclic) bond motifs is 1. The summed E-state index contributed by atoms with van der Waals surface area (Å²) in [6.45, 7) is 0. The number of aromatic amines is 2. The molecule has 0 amide bonds. The van der Waals surface area contributed by atoms with Crippen molar-refractivity contribution in [2.24, 2.45) is 5.10 Å². The van der Waals surface area contributed by atoms with E-state index in [0.29, 0.717) is 10.6 Å². The van der Waals surface area contributed by atoms with E-state index in [1.807, 2.05) is 18.2 Å². The van der Waals surface area contributed by atoms with Gasteiger partial charge in [-0.1, -0.05) is 15.9 Å². The van der Waals surface area contributed by atoms with Crippen LogP contribution in [-0.2, 0) is 12.8 Å². The summed E-state index contributed by atoms with van der Waals surface area (Å²) >= 11 is 8.79. The van der Waals surface area contributed by atoms with Gasteiger partial charge in [-0.25, -0.2) is 5.10 Å². The average molecular weight is 419 g/mol. The first-order chi connectivity index (χ1) is 12.2. The van der Waals surface area contributed by atoms with Crippen LogP contribution in [-0.4, -0.2) is 38.4 Å². The van der Waals surface area contributed by atoms with Gasteiger partial charge in [0.1, 0.15) is 11.4 Å². The van der Waals surface area contributed by atoms with E-state index >= 15 is 0 Å². The lowest BCUT2D eigenvalue weighted by Crippen LogP contribution is -1.98. The summed E-state index contributed by atoms with van der Waals surface area (Å²) in [4.78, 5) is 0. The Morgan fingerprint density at radius 2 is 2.20 bits per heavy atom. The van der Waals surface area contributed by atoms with Crippen LogP contribution in [0.2, 0.25) is 0 Å². The van der Waals surface area contributed by atoms with E-state index in [-0.39, 0.29) is 0 Å². The largest absolute Gasteiger partial charge is 0.496 e. The summed E-state index contributed by atoms with van der Waals surface area (Å²) in [5, 5.41) is 19.1. The number of hydrogen-bond donors (Lipinski definition) is 2. The Kier molecular flexibility index (Phi) is 4.26. The first-order valence-corrected chi connectivity index (χ1v) is 8.99. The van der Waals surface area contributed by atoms with Crippen LogP contribution in [0.5, 0.6) is 5.75 Å². The SMILES string of the molecule is COc1ccc(Br)cc1C=Nn1c(-c2n[nH]c3c2CCC3)n[nH]c1=S. The summed E-state index contributed by atoms with van der Waals surface area (Å²) in [5.41, 5.74) is 4.01. The predicted molar refractivity (Wildman–Crippen MR) is 101 cm³/mol. The maximum absolute atomic E-state index is 5.38. The molecule has 1 aliphatic rings. The van der Waals surface area contributed by atoms with E-state index in [9.17, 15) is 0 Å². The van der Waals surface area contributed by atoms with Gasteiger partial charge >= 0.3 is 0 Å². The van der Waals surface area contributed by atoms with Crippen LogP contribution in [0.3, 0.4) is 0 Å². The first kappa shape index (κ1) is 16.2. The van der Waals surface area contributed by atoms with Crippen LogP contribution in [0.25, 0.3) is 11.5 Å². The zero-order valence-corrected chi connectivity index (χ0v) is 15.8. The van der Waals surface area contributed by atoms with E-state index < -0.39 is 0 Å². The molecule has 7 nitrogen and oxygen atoms in total. The Hall–Kier alpha value is -2.26. The lowest BCUT2D eigenvalue weighted by Gasteiger charge is -2.05. The summed E-state index contributed by atoms with van der Waals surface area (Å²) < 4.78 is 8.32. The first-order valence-electron chi connectivity index (χ1n) is 7.79. The average Bonchev–Trinajstić information content (AvgIpc) is 3.29. The molecule has 0 saturated heterocycles. The highest BCUT2D eigenvalue weighted by Crippen LogP contribution is 2.29. The van der Waals surface area contributed by atoms with Crippen molar-refractivity contribution in [2.75, 3.05) is 7.11 Å². The Morgan fingerprint density at radius 3 is 3.04 bits per heavy atom. The Labute approximate surface area is 157 Å². The van der Waals surface area contributed by atoms with E-state index in [2.05, 4.69) is 41.4 Å². The standard InChI is InChI=1S/C16H15BrN6OS/c1-24-13-6-5-10(17)7-9(13)8-18-23-15(21-22-16(23)25)14-11-3-2-4-12(11)19-20-14/h5-8H,2-4H2,1H3,(H,19,20)(H,22,25). The minimum absolute atomic E-state index is 0.412. The molecule has 128 valence electrons. The molecule has 1 aromatic carbocycles. The highest BCUT2D eigenvalue weighted by atomic mass is 79.9. The van der Waals surface area contributed by atoms with Crippen molar-refractivity contribution in [1.82, 2.24) is 25.1 Å². The second kappa shape index (κ2) is 6.57. The number of aromatic nitrogens is 5. The Bertz CT molecular complexity index is 1020. The molecule has 1 aliphatic carbocycles. The molecule has 0 bridgehead atoms. The zero-order chi connectivity index (χ0) is 17.4. The number of nitrogens with zero attached hydrogens (tertiary/aromatic N) is 4. The second-order valence-corrected chi connectivity index (χ2v) is 6.98. The van der Waals surface area contributed by atoms with Gasteiger partial charge in [0, 0.05) is 21.3 Å². The molecule has 0 unspecified atom stereocenters. The number of ether oxygens (including phenoxy) is 1. The van der Waals surface area contributed by atoms with Crippen LogP contribution in [0.1, 0.15) is 23.2 Å². The molecule has 0 fully saturated rings. The van der Waals surface area contributed by atoms with Crippen molar-refractivity contribution in [1.29, 1.82) is 0 Å². The normalized spacial score (nSPS) is 13.5. The molecule has 2 N–H and O–H groups in total. The van der Waals surface area contributed by atoms with Gasteiger partial charge in [0.05, 0.1) is 13.3 Å². The predicted octanol–water partition coefficient (Wildman–Crippen LogP) is 3.47. The highest BCUT2D eigenvalue weighted by Gasteiger charge is 2.23. The minimum Gasteiger partial charge on any atom is -0.496 e. The molecule has 4 rings (SSSR count). The topological polar surface area (TPSA) is 83.9 Å². The van der Waals surface area contributed by atoms with Crippen LogP contribution in [0.15, 0.2) is 27.8 Å². The number of H-pyrrole nitrogens is 2. The van der Waals surface area contributed by atoms with Gasteiger partial charge < -0.3 is 4.74 Å². The Morgan fingerprint density at radius 1 is 1.32 bits per heavy atom. The van der Waals surface area contributed by atoms with E-state index in [0.717, 1.165) is 40.7 Å². The van der Waals surface area contributed by atoms with Gasteiger partial charge in [0.25, 0.3) is 0 Å². The molecule has 0 spiro atoms. The third-order valence-corrected chi connectivity index (χ3v) is 4.93. The third kappa shape index (κ3) is 2.93. The third-order valence-electron chi connectivity index (χ3n) is 4.17. The van der Waals surface area contributed by atoms with Crippen molar-refractivity contribution >= 4 is 34.4 Å². The van der Waals surface area contributed by atoms with Crippen molar-refractivity contribution in [3.8, 4) is 17.3 Å². The molecular formula is C16H15BrN6OS. The molecule has 0 saturated carbocycles. The Balaban J connectivity index is 1.76. The number of aryl methyl sites for hydroxylation is 1. The molecule has 9 heteroatoms. The maximum atomic E-state index is 5.38. The van der Waals surface area contributed by atoms with Crippen LogP contribution in [0, 0.1) is 4.77 Å². The van der Waals surface area contributed by atoms with Crippen molar-refractivity contribution in [2.45, 2.75) is 19.3 Å². The van der Waals surface area contributed by atoms with Crippen molar-refractivity contribution in [3.63, 3.8) is 0 Å². The second-order valence-electron chi connectivity index (χ2n) is 5.68. The molecule has 3 aromatic rings. The fraction of sp³-hybridized carbons (Fsp3) is 0.250. The maximum Gasteiger partial charge on any atom is 0.216 e. The molecule has 2 aromatic heterocycles. The minimum atomic E-state index is 0.412. The summed E-state index contributed by atoms with van der Waals surface area (Å²) in [5.74, 6) is 1.33. The summed E-state index contributed by atoms with van der Waals surface area (Å²) in [7, 11) is 1.63. The highest BCUT2D eigenvalue weighted by molar-refractivity contribution is 9.10. The van der Waals surface area contributed by atoms with Gasteiger partial charge in [-0.05, 0) is 49.7 Å². The quantitative estimate of drug-likeness (QED) is 0.501. The summed E-state index contributed by atoms with van der Waals surface area (Å²) in [6.07, 6.45) is 4.83. The van der Waals surface area contributed by atoms with E-state index in [1.165, 1.54) is 11.3 Å². The lowest BCUT2D eigenvalue weighted by molar-refractivity contribution is 0.414. The number of nitrogens with one attached hydrogen (secondary N) is 2. The molecule has 0 aliphatic heterocycles. The van der Waals surface area contributed by atoms with Crippen LogP contribution >= 0.6 is 28.1 Å². The zero-order valence-electron chi connectivity index (χ0n) is 13.4. The molecule has 0 atom stereocenters.